The molecule has 7 nitrogen and oxygen atoms in total. The number of hydrogen-bond donors (Lipinski definition) is 3. The van der Waals surface area contributed by atoms with Crippen LogP contribution in [0.5, 0.6) is 0 Å². The molecule has 31 heavy (non-hydrogen) atoms. The number of nitrogens with one attached hydrogen (secondary N) is 3. The Balaban J connectivity index is 0.00000341. The Morgan fingerprint density at radius 2 is 1.84 bits per heavy atom. The van der Waals surface area contributed by atoms with Gasteiger partial charge in [-0.1, -0.05) is 43.2 Å². The first-order valence-corrected chi connectivity index (χ1v) is 11.3. The fourth-order valence-electron chi connectivity index (χ4n) is 4.22. The molecule has 3 rings (SSSR count). The van der Waals surface area contributed by atoms with Crippen molar-refractivity contribution < 1.29 is 9.59 Å². The third kappa shape index (κ3) is 8.31. The number of carbonyl (C=O) groups excluding carboxylic acids is 2. The van der Waals surface area contributed by atoms with Crippen molar-refractivity contribution in [2.24, 2.45) is 10.9 Å². The van der Waals surface area contributed by atoms with Gasteiger partial charge in [0.05, 0.1) is 0 Å². The SMILES string of the molecule is CCNC(=NCC(=O)NCCc1ccccc1)NC1CCN(C(=O)C2CCCC2)C1.I. The highest BCUT2D eigenvalue weighted by molar-refractivity contribution is 14.0. The highest BCUT2D eigenvalue weighted by Crippen LogP contribution is 2.27. The van der Waals surface area contributed by atoms with Gasteiger partial charge in [-0.25, -0.2) is 4.99 Å². The molecule has 0 aromatic heterocycles. The summed E-state index contributed by atoms with van der Waals surface area (Å²) < 4.78 is 0. The maximum atomic E-state index is 12.6. The second kappa shape index (κ2) is 13.5. The molecule has 1 saturated heterocycles. The van der Waals surface area contributed by atoms with Crippen LogP contribution in [0, 0.1) is 5.92 Å². The second-order valence-electron chi connectivity index (χ2n) is 8.18. The standard InChI is InChI=1S/C23H35N5O2.HI/c1-2-24-23(26-16-21(29)25-14-12-18-8-4-3-5-9-18)27-20-13-15-28(17-20)22(30)19-10-6-7-11-19;/h3-5,8-9,19-20H,2,6-7,10-17H2,1H3,(H,25,29)(H2,24,26,27);1H. The molecule has 1 aromatic carbocycles. The van der Waals surface area contributed by atoms with E-state index >= 15 is 0 Å². The third-order valence-electron chi connectivity index (χ3n) is 5.85. The van der Waals surface area contributed by atoms with E-state index in [-0.39, 0.29) is 48.4 Å². The number of aliphatic imine (C=N–C) groups is 1. The number of benzene rings is 1. The molecule has 0 spiro atoms. The predicted octanol–water partition coefficient (Wildman–Crippen LogP) is 2.31. The number of carbonyl (C=O) groups is 2. The fraction of sp³-hybridized carbons (Fsp3) is 0.609. The van der Waals surface area contributed by atoms with Crippen molar-refractivity contribution in [1.82, 2.24) is 20.9 Å². The van der Waals surface area contributed by atoms with Gasteiger partial charge in [-0.3, -0.25) is 9.59 Å². The highest BCUT2D eigenvalue weighted by Gasteiger charge is 2.32. The van der Waals surface area contributed by atoms with Gasteiger partial charge in [0.15, 0.2) is 5.96 Å². The van der Waals surface area contributed by atoms with Crippen molar-refractivity contribution in [3.63, 3.8) is 0 Å². The number of halogens is 1. The monoisotopic (exact) mass is 541 g/mol. The molecule has 1 aliphatic heterocycles. The quantitative estimate of drug-likeness (QED) is 0.268. The van der Waals surface area contributed by atoms with Crippen LogP contribution < -0.4 is 16.0 Å². The molecule has 1 aliphatic carbocycles. The number of amides is 2. The summed E-state index contributed by atoms with van der Waals surface area (Å²) in [4.78, 5) is 31.2. The van der Waals surface area contributed by atoms with Crippen LogP contribution in [-0.2, 0) is 16.0 Å². The number of guanidine groups is 1. The van der Waals surface area contributed by atoms with E-state index in [1.165, 1.54) is 18.4 Å². The van der Waals surface area contributed by atoms with Crippen LogP contribution in [0.15, 0.2) is 35.3 Å². The minimum Gasteiger partial charge on any atom is -0.357 e. The molecule has 1 atom stereocenters. The maximum absolute atomic E-state index is 12.6. The van der Waals surface area contributed by atoms with Crippen molar-refractivity contribution in [2.45, 2.75) is 51.5 Å². The topological polar surface area (TPSA) is 85.8 Å². The van der Waals surface area contributed by atoms with Crippen molar-refractivity contribution >= 4 is 41.8 Å². The smallest absolute Gasteiger partial charge is 0.241 e. The van der Waals surface area contributed by atoms with Crippen LogP contribution in [0.2, 0.25) is 0 Å². The second-order valence-corrected chi connectivity index (χ2v) is 8.18. The van der Waals surface area contributed by atoms with Gasteiger partial charge in [-0.15, -0.1) is 24.0 Å². The van der Waals surface area contributed by atoms with Gasteiger partial charge in [0.25, 0.3) is 0 Å². The summed E-state index contributed by atoms with van der Waals surface area (Å²) in [6.45, 7) is 4.92. The van der Waals surface area contributed by atoms with Gasteiger partial charge in [0.1, 0.15) is 6.54 Å². The molecule has 1 unspecified atom stereocenters. The lowest BCUT2D eigenvalue weighted by atomic mass is 10.1. The Hall–Kier alpha value is -1.84. The van der Waals surface area contributed by atoms with E-state index in [1.54, 1.807) is 0 Å². The van der Waals surface area contributed by atoms with Crippen molar-refractivity contribution in [3.05, 3.63) is 35.9 Å². The normalized spacial score (nSPS) is 19.1. The van der Waals surface area contributed by atoms with E-state index in [2.05, 4.69) is 33.1 Å². The first-order valence-electron chi connectivity index (χ1n) is 11.3. The Morgan fingerprint density at radius 1 is 1.10 bits per heavy atom. The molecule has 172 valence electrons. The average Bonchev–Trinajstić information content (AvgIpc) is 3.45. The van der Waals surface area contributed by atoms with Crippen LogP contribution >= 0.6 is 24.0 Å². The summed E-state index contributed by atoms with van der Waals surface area (Å²) in [6, 6.07) is 10.3. The highest BCUT2D eigenvalue weighted by atomic mass is 127. The van der Waals surface area contributed by atoms with Crippen LogP contribution in [0.1, 0.15) is 44.6 Å². The molecule has 0 radical (unpaired) electrons. The molecule has 1 aromatic rings. The lowest BCUT2D eigenvalue weighted by molar-refractivity contribution is -0.134. The van der Waals surface area contributed by atoms with Crippen molar-refractivity contribution in [3.8, 4) is 0 Å². The molecule has 0 bridgehead atoms. The molecule has 1 saturated carbocycles. The van der Waals surface area contributed by atoms with E-state index < -0.39 is 0 Å². The lowest BCUT2D eigenvalue weighted by Gasteiger charge is -2.21. The summed E-state index contributed by atoms with van der Waals surface area (Å²) in [6.07, 6.45) is 6.15. The van der Waals surface area contributed by atoms with Gasteiger partial charge in [0.2, 0.25) is 11.8 Å². The summed E-state index contributed by atoms with van der Waals surface area (Å²) in [5.74, 6) is 1.09. The molecule has 8 heteroatoms. The zero-order chi connectivity index (χ0) is 21.2. The van der Waals surface area contributed by atoms with Gasteiger partial charge in [-0.2, -0.15) is 0 Å². The Labute approximate surface area is 202 Å². The zero-order valence-corrected chi connectivity index (χ0v) is 20.8. The van der Waals surface area contributed by atoms with Crippen LogP contribution in [0.4, 0.5) is 0 Å². The number of rotatable bonds is 8. The van der Waals surface area contributed by atoms with Gasteiger partial charge >= 0.3 is 0 Å². The average molecular weight is 541 g/mol. The van der Waals surface area contributed by atoms with E-state index in [4.69, 9.17) is 0 Å². The van der Waals surface area contributed by atoms with E-state index in [1.807, 2.05) is 30.0 Å². The first-order chi connectivity index (χ1) is 14.7. The molecular weight excluding hydrogens is 505 g/mol. The molecule has 2 amide bonds. The lowest BCUT2D eigenvalue weighted by Crippen LogP contribution is -2.46. The van der Waals surface area contributed by atoms with Gasteiger partial charge in [0, 0.05) is 38.1 Å². The largest absolute Gasteiger partial charge is 0.357 e. The van der Waals surface area contributed by atoms with E-state index in [0.717, 1.165) is 38.8 Å². The van der Waals surface area contributed by atoms with Crippen LogP contribution in [0.25, 0.3) is 0 Å². The molecule has 1 heterocycles. The summed E-state index contributed by atoms with van der Waals surface area (Å²) in [5, 5.41) is 9.52. The summed E-state index contributed by atoms with van der Waals surface area (Å²) in [7, 11) is 0. The van der Waals surface area contributed by atoms with Crippen LogP contribution in [0.3, 0.4) is 0 Å². The Bertz CT molecular complexity index is 722. The number of nitrogens with zero attached hydrogens (tertiary/aromatic N) is 2. The molecule has 2 aliphatic rings. The van der Waals surface area contributed by atoms with Crippen LogP contribution in [-0.4, -0.2) is 61.4 Å². The Morgan fingerprint density at radius 3 is 2.55 bits per heavy atom. The molecule has 3 N–H and O–H groups in total. The number of hydrogen-bond acceptors (Lipinski definition) is 3. The van der Waals surface area contributed by atoms with Gasteiger partial charge in [-0.05, 0) is 38.2 Å². The number of likely N-dealkylation sites (tertiary alicyclic amines) is 1. The predicted molar refractivity (Wildman–Crippen MR) is 135 cm³/mol. The molecule has 2 fully saturated rings. The third-order valence-corrected chi connectivity index (χ3v) is 5.85. The zero-order valence-electron chi connectivity index (χ0n) is 18.4. The minimum atomic E-state index is -0.0902. The maximum Gasteiger partial charge on any atom is 0.241 e. The summed E-state index contributed by atoms with van der Waals surface area (Å²) >= 11 is 0. The van der Waals surface area contributed by atoms with Gasteiger partial charge < -0.3 is 20.9 Å². The van der Waals surface area contributed by atoms with E-state index in [9.17, 15) is 9.59 Å². The minimum absolute atomic E-state index is 0. The van der Waals surface area contributed by atoms with E-state index in [0.29, 0.717) is 25.0 Å². The van der Waals surface area contributed by atoms with Crippen molar-refractivity contribution in [1.29, 1.82) is 0 Å². The Kier molecular flexibility index (Phi) is 11.1. The molecular formula is C23H36IN5O2. The van der Waals surface area contributed by atoms with Crippen molar-refractivity contribution in [2.75, 3.05) is 32.7 Å². The fourth-order valence-corrected chi connectivity index (χ4v) is 4.22. The summed E-state index contributed by atoms with van der Waals surface area (Å²) in [5.41, 5.74) is 1.20. The first kappa shape index (κ1) is 25.4.